The summed E-state index contributed by atoms with van der Waals surface area (Å²) < 4.78 is 5.33. The molecule has 1 saturated heterocycles. The summed E-state index contributed by atoms with van der Waals surface area (Å²) in [6, 6.07) is 16.0. The summed E-state index contributed by atoms with van der Waals surface area (Å²) in [5.74, 6) is -2.14. The lowest BCUT2D eigenvalue weighted by atomic mass is 9.96. The maximum atomic E-state index is 13.5. The van der Waals surface area contributed by atoms with Gasteiger partial charge < -0.3 is 42.0 Å². The number of hydrogen-bond acceptors (Lipinski definition) is 8. The van der Waals surface area contributed by atoms with Crippen LogP contribution in [-0.4, -0.2) is 93.0 Å². The molecule has 2 aromatic rings. The molecule has 48 heavy (non-hydrogen) atoms. The Morgan fingerprint density at radius 3 is 2.50 bits per heavy atom. The van der Waals surface area contributed by atoms with Gasteiger partial charge in [-0.3, -0.25) is 24.0 Å². The summed E-state index contributed by atoms with van der Waals surface area (Å²) in [6.07, 6.45) is 3.83. The molecule has 2 bridgehead atoms. The normalized spacial score (nSPS) is 22.5. The maximum absolute atomic E-state index is 13.5. The lowest BCUT2D eigenvalue weighted by molar-refractivity contribution is -0.133. The average Bonchev–Trinajstić information content (AvgIpc) is 3.10. The van der Waals surface area contributed by atoms with Crippen molar-refractivity contribution in [2.45, 2.75) is 44.3 Å². The van der Waals surface area contributed by atoms with Crippen LogP contribution in [0.1, 0.15) is 42.0 Å². The van der Waals surface area contributed by atoms with Crippen molar-refractivity contribution >= 4 is 29.5 Å². The molecular weight excluding hydrogens is 614 g/mol. The van der Waals surface area contributed by atoms with Crippen molar-refractivity contribution in [1.82, 2.24) is 31.5 Å². The van der Waals surface area contributed by atoms with Crippen LogP contribution in [0.15, 0.2) is 66.7 Å². The Hall–Kier alpha value is -4.59. The standard InChI is InChI=1S/C35H47N7O6/c36-15-19-48-20-17-39-35(47)29-14-16-38-31(43)12-13-33(45)42-18-6-11-28(24-42)34(46)41-30(25-7-2-1-3-8-25)23-37-22-27-10-5-4-9-26(27)21-32(44)40-29/h1-5,7-10,12-13,28-30,37H,6,11,14-24,36H2,(H,38,43)(H,39,47)(H,40,44)(H,41,46)/b13-12+/t28-,29+,30-/m1/s1. The van der Waals surface area contributed by atoms with Gasteiger partial charge in [-0.15, -0.1) is 0 Å². The molecular formula is C35H47N7O6. The zero-order chi connectivity index (χ0) is 34.1. The van der Waals surface area contributed by atoms with Crippen LogP contribution >= 0.6 is 0 Å². The van der Waals surface area contributed by atoms with Gasteiger partial charge in [-0.05, 0) is 36.0 Å². The first-order chi connectivity index (χ1) is 23.3. The molecule has 1 fully saturated rings. The van der Waals surface area contributed by atoms with Crippen molar-refractivity contribution in [3.8, 4) is 0 Å². The molecule has 2 aliphatic rings. The Balaban J connectivity index is 1.53. The molecule has 0 aliphatic carbocycles. The van der Waals surface area contributed by atoms with E-state index in [4.69, 9.17) is 10.5 Å². The van der Waals surface area contributed by atoms with Gasteiger partial charge in [0.15, 0.2) is 0 Å². The van der Waals surface area contributed by atoms with Gasteiger partial charge in [0.2, 0.25) is 29.5 Å². The van der Waals surface area contributed by atoms with Crippen LogP contribution in [0.3, 0.4) is 0 Å². The van der Waals surface area contributed by atoms with Gasteiger partial charge >= 0.3 is 0 Å². The second kappa shape index (κ2) is 19.3. The number of rotatable bonds is 7. The first-order valence-corrected chi connectivity index (χ1v) is 16.6. The van der Waals surface area contributed by atoms with E-state index in [1.807, 2.05) is 54.6 Å². The highest BCUT2D eigenvalue weighted by molar-refractivity contribution is 5.97. The SMILES string of the molecule is NCCOCCNC(=O)[C@@H]1CCNC(=O)/C=C/C(=O)N2CCC[C@H](C2)C(=O)N[C@@H](c2ccccc2)CNCc2ccccc2CC(=O)N1. The Kier molecular flexibility index (Phi) is 14.6. The van der Waals surface area contributed by atoms with E-state index in [0.29, 0.717) is 45.6 Å². The number of ether oxygens (including phenoxy) is 1. The van der Waals surface area contributed by atoms with Crippen LogP contribution < -0.4 is 32.3 Å². The van der Waals surface area contributed by atoms with E-state index in [2.05, 4.69) is 26.6 Å². The number of fused-ring (bicyclic) bond motifs is 3. The number of carbonyl (C=O) groups excluding carboxylic acids is 5. The molecule has 4 rings (SSSR count). The third-order valence-electron chi connectivity index (χ3n) is 8.32. The summed E-state index contributed by atoms with van der Waals surface area (Å²) >= 11 is 0. The van der Waals surface area contributed by atoms with Gasteiger partial charge in [0.05, 0.1) is 31.6 Å². The highest BCUT2D eigenvalue weighted by Gasteiger charge is 2.29. The molecule has 13 nitrogen and oxygen atoms in total. The lowest BCUT2D eigenvalue weighted by Gasteiger charge is -2.32. The summed E-state index contributed by atoms with van der Waals surface area (Å²) in [7, 11) is 0. The van der Waals surface area contributed by atoms with Gasteiger partial charge in [0.1, 0.15) is 6.04 Å². The summed E-state index contributed by atoms with van der Waals surface area (Å²) in [5, 5.41) is 14.9. The van der Waals surface area contributed by atoms with Crippen molar-refractivity contribution in [2.75, 3.05) is 52.5 Å². The van der Waals surface area contributed by atoms with Gasteiger partial charge in [0.25, 0.3) is 0 Å². The fourth-order valence-electron chi connectivity index (χ4n) is 5.77. The van der Waals surface area contributed by atoms with E-state index in [1.54, 1.807) is 4.90 Å². The second-order valence-electron chi connectivity index (χ2n) is 11.9. The number of carbonyl (C=O) groups is 5. The third kappa shape index (κ3) is 11.6. The summed E-state index contributed by atoms with van der Waals surface area (Å²) in [6.45, 7) is 2.94. The molecule has 0 radical (unpaired) electrons. The predicted octanol–water partition coefficient (Wildman–Crippen LogP) is 0.0672. The second-order valence-corrected chi connectivity index (χ2v) is 11.9. The highest BCUT2D eigenvalue weighted by Crippen LogP contribution is 2.20. The fourth-order valence-corrected chi connectivity index (χ4v) is 5.77. The molecule has 2 aromatic carbocycles. The largest absolute Gasteiger partial charge is 0.378 e. The highest BCUT2D eigenvalue weighted by atomic mass is 16.5. The average molecular weight is 662 g/mol. The van der Waals surface area contributed by atoms with E-state index in [0.717, 1.165) is 22.8 Å². The number of hydrogen-bond donors (Lipinski definition) is 6. The van der Waals surface area contributed by atoms with E-state index in [1.165, 1.54) is 6.08 Å². The Morgan fingerprint density at radius 1 is 0.938 bits per heavy atom. The number of nitrogens with two attached hydrogens (primary N) is 1. The smallest absolute Gasteiger partial charge is 0.246 e. The minimum atomic E-state index is -0.915. The van der Waals surface area contributed by atoms with E-state index >= 15 is 0 Å². The van der Waals surface area contributed by atoms with Gasteiger partial charge in [-0.25, -0.2) is 0 Å². The Bertz CT molecular complexity index is 1420. The van der Waals surface area contributed by atoms with Crippen LogP contribution in [0, 0.1) is 5.92 Å². The van der Waals surface area contributed by atoms with E-state index in [9.17, 15) is 24.0 Å². The molecule has 7 N–H and O–H groups in total. The van der Waals surface area contributed by atoms with Crippen LogP contribution in [0.4, 0.5) is 0 Å². The molecule has 2 aliphatic heterocycles. The minimum absolute atomic E-state index is 0.0372. The molecule has 0 unspecified atom stereocenters. The molecule has 258 valence electrons. The molecule has 0 aromatic heterocycles. The zero-order valence-corrected chi connectivity index (χ0v) is 27.2. The molecule has 3 atom stereocenters. The molecule has 2 heterocycles. The Morgan fingerprint density at radius 2 is 1.71 bits per heavy atom. The van der Waals surface area contributed by atoms with Crippen molar-refractivity contribution < 1.29 is 28.7 Å². The number of nitrogens with zero attached hydrogens (tertiary/aromatic N) is 1. The summed E-state index contributed by atoms with van der Waals surface area (Å²) in [5.41, 5.74) is 8.08. The summed E-state index contributed by atoms with van der Waals surface area (Å²) in [4.78, 5) is 66.9. The van der Waals surface area contributed by atoms with Gasteiger partial charge in [0, 0.05) is 58.0 Å². The monoisotopic (exact) mass is 661 g/mol. The van der Waals surface area contributed by atoms with E-state index in [-0.39, 0.29) is 68.8 Å². The van der Waals surface area contributed by atoms with Crippen LogP contribution in [0.5, 0.6) is 0 Å². The molecule has 0 spiro atoms. The first kappa shape index (κ1) is 36.2. The van der Waals surface area contributed by atoms with E-state index < -0.39 is 17.9 Å². The predicted molar refractivity (Wildman–Crippen MR) is 180 cm³/mol. The van der Waals surface area contributed by atoms with Crippen molar-refractivity contribution in [3.05, 3.63) is 83.4 Å². The minimum Gasteiger partial charge on any atom is -0.378 e. The van der Waals surface area contributed by atoms with Crippen LogP contribution in [-0.2, 0) is 41.7 Å². The number of piperidine rings is 1. The first-order valence-electron chi connectivity index (χ1n) is 16.6. The molecule has 13 heteroatoms. The van der Waals surface area contributed by atoms with Gasteiger partial charge in [-0.1, -0.05) is 54.6 Å². The quantitative estimate of drug-likeness (QED) is 0.225. The topological polar surface area (TPSA) is 184 Å². The Labute approximate surface area is 281 Å². The molecule has 0 saturated carbocycles. The number of benzene rings is 2. The van der Waals surface area contributed by atoms with Gasteiger partial charge in [-0.2, -0.15) is 0 Å². The van der Waals surface area contributed by atoms with Crippen molar-refractivity contribution in [2.24, 2.45) is 11.7 Å². The zero-order valence-electron chi connectivity index (χ0n) is 27.2. The van der Waals surface area contributed by atoms with Crippen LogP contribution in [0.25, 0.3) is 0 Å². The third-order valence-corrected chi connectivity index (χ3v) is 8.32. The van der Waals surface area contributed by atoms with Crippen molar-refractivity contribution in [1.29, 1.82) is 0 Å². The number of amides is 5. The maximum Gasteiger partial charge on any atom is 0.246 e. The number of nitrogens with one attached hydrogen (secondary N) is 5. The van der Waals surface area contributed by atoms with Crippen LogP contribution in [0.2, 0.25) is 0 Å². The fraction of sp³-hybridized carbons (Fsp3) is 0.457. The van der Waals surface area contributed by atoms with Crippen molar-refractivity contribution in [3.63, 3.8) is 0 Å². The molecule has 5 amide bonds. The lowest BCUT2D eigenvalue weighted by Crippen LogP contribution is -2.49.